The number of ether oxygens (including phenoxy) is 2. The second-order valence-corrected chi connectivity index (χ2v) is 4.63. The molecule has 0 aliphatic rings. The van der Waals surface area contributed by atoms with Crippen molar-refractivity contribution in [1.29, 1.82) is 0 Å². The lowest BCUT2D eigenvalue weighted by Crippen LogP contribution is -2.43. The Balaban J connectivity index is 2.64. The highest BCUT2D eigenvalue weighted by Crippen LogP contribution is 2.05. The SMILES string of the molecule is CCCCOC(=O)[C@H](Cc1ccccc1)NC(=O)OCC. The highest BCUT2D eigenvalue weighted by molar-refractivity contribution is 5.81. The van der Waals surface area contributed by atoms with Crippen LogP contribution in [0.3, 0.4) is 0 Å². The molecule has 1 aromatic rings. The van der Waals surface area contributed by atoms with Crippen LogP contribution < -0.4 is 5.32 Å². The number of unbranched alkanes of at least 4 members (excludes halogenated alkanes) is 1. The highest BCUT2D eigenvalue weighted by Gasteiger charge is 2.23. The lowest BCUT2D eigenvalue weighted by atomic mass is 10.1. The summed E-state index contributed by atoms with van der Waals surface area (Å²) in [4.78, 5) is 23.6. The molecule has 0 aromatic heterocycles. The molecule has 1 aromatic carbocycles. The molecule has 116 valence electrons. The zero-order chi connectivity index (χ0) is 15.5. The molecule has 0 aliphatic heterocycles. The van der Waals surface area contributed by atoms with Gasteiger partial charge in [0.15, 0.2) is 0 Å². The van der Waals surface area contributed by atoms with Crippen molar-refractivity contribution in [3.8, 4) is 0 Å². The van der Waals surface area contributed by atoms with E-state index >= 15 is 0 Å². The monoisotopic (exact) mass is 293 g/mol. The van der Waals surface area contributed by atoms with Crippen LogP contribution in [0.4, 0.5) is 4.79 Å². The average molecular weight is 293 g/mol. The number of nitrogens with one attached hydrogen (secondary N) is 1. The van der Waals surface area contributed by atoms with Crippen molar-refractivity contribution in [3.05, 3.63) is 35.9 Å². The largest absolute Gasteiger partial charge is 0.464 e. The van der Waals surface area contributed by atoms with Gasteiger partial charge >= 0.3 is 12.1 Å². The first-order valence-corrected chi connectivity index (χ1v) is 7.31. The smallest absolute Gasteiger partial charge is 0.407 e. The number of amides is 1. The zero-order valence-corrected chi connectivity index (χ0v) is 12.6. The molecule has 0 bridgehead atoms. The predicted octanol–water partition coefficient (Wildman–Crippen LogP) is 2.69. The third kappa shape index (κ3) is 6.79. The van der Waals surface area contributed by atoms with Crippen LogP contribution in [0.5, 0.6) is 0 Å². The van der Waals surface area contributed by atoms with Gasteiger partial charge in [0.25, 0.3) is 0 Å². The topological polar surface area (TPSA) is 64.6 Å². The molecule has 0 saturated carbocycles. The Morgan fingerprint density at radius 2 is 1.86 bits per heavy atom. The van der Waals surface area contributed by atoms with Gasteiger partial charge < -0.3 is 14.8 Å². The van der Waals surface area contributed by atoms with Crippen molar-refractivity contribution in [2.75, 3.05) is 13.2 Å². The first kappa shape index (κ1) is 17.0. The van der Waals surface area contributed by atoms with Gasteiger partial charge in [0.2, 0.25) is 0 Å². The fourth-order valence-electron chi connectivity index (χ4n) is 1.78. The van der Waals surface area contributed by atoms with Crippen LogP contribution >= 0.6 is 0 Å². The fraction of sp³-hybridized carbons (Fsp3) is 0.500. The maximum Gasteiger partial charge on any atom is 0.407 e. The molecule has 0 radical (unpaired) electrons. The summed E-state index contributed by atoms with van der Waals surface area (Å²) < 4.78 is 10.0. The summed E-state index contributed by atoms with van der Waals surface area (Å²) in [5.41, 5.74) is 0.951. The summed E-state index contributed by atoms with van der Waals surface area (Å²) in [6.07, 6.45) is 1.53. The van der Waals surface area contributed by atoms with Crippen LogP contribution in [0.1, 0.15) is 32.3 Å². The van der Waals surface area contributed by atoms with Crippen molar-refractivity contribution in [2.45, 2.75) is 39.2 Å². The maximum absolute atomic E-state index is 12.1. The number of esters is 1. The molecule has 0 heterocycles. The van der Waals surface area contributed by atoms with Gasteiger partial charge in [-0.3, -0.25) is 0 Å². The Bertz CT molecular complexity index is 433. The lowest BCUT2D eigenvalue weighted by Gasteiger charge is -2.17. The van der Waals surface area contributed by atoms with Gasteiger partial charge in [-0.1, -0.05) is 43.7 Å². The molecular formula is C16H23NO4. The van der Waals surface area contributed by atoms with E-state index in [9.17, 15) is 9.59 Å². The number of carbonyl (C=O) groups is 2. The Morgan fingerprint density at radius 3 is 2.48 bits per heavy atom. The van der Waals surface area contributed by atoms with E-state index in [-0.39, 0.29) is 6.61 Å². The van der Waals surface area contributed by atoms with Crippen LogP contribution in [0.25, 0.3) is 0 Å². The van der Waals surface area contributed by atoms with E-state index in [2.05, 4.69) is 5.32 Å². The molecule has 0 spiro atoms. The summed E-state index contributed by atoms with van der Waals surface area (Å²) in [7, 11) is 0. The number of hydrogen-bond acceptors (Lipinski definition) is 4. The van der Waals surface area contributed by atoms with E-state index in [0.717, 1.165) is 18.4 Å². The van der Waals surface area contributed by atoms with Gasteiger partial charge in [-0.2, -0.15) is 0 Å². The third-order valence-electron chi connectivity index (χ3n) is 2.88. The predicted molar refractivity (Wildman–Crippen MR) is 80.0 cm³/mol. The van der Waals surface area contributed by atoms with E-state index < -0.39 is 18.1 Å². The molecule has 1 rings (SSSR count). The van der Waals surface area contributed by atoms with E-state index in [1.165, 1.54) is 0 Å². The number of alkyl carbamates (subject to hydrolysis) is 1. The van der Waals surface area contributed by atoms with Crippen LogP contribution in [-0.4, -0.2) is 31.3 Å². The summed E-state index contributed by atoms with van der Waals surface area (Å²) in [6, 6.07) is 8.75. The van der Waals surface area contributed by atoms with Gasteiger partial charge in [-0.25, -0.2) is 9.59 Å². The van der Waals surface area contributed by atoms with Crippen LogP contribution in [0.15, 0.2) is 30.3 Å². The number of rotatable bonds is 8. The molecule has 1 amide bonds. The summed E-state index contributed by atoms with van der Waals surface area (Å²) >= 11 is 0. The molecular weight excluding hydrogens is 270 g/mol. The van der Waals surface area contributed by atoms with Crippen molar-refractivity contribution < 1.29 is 19.1 Å². The van der Waals surface area contributed by atoms with Gasteiger partial charge in [0.05, 0.1) is 13.2 Å². The fourth-order valence-corrected chi connectivity index (χ4v) is 1.78. The second-order valence-electron chi connectivity index (χ2n) is 4.63. The molecule has 0 fully saturated rings. The Morgan fingerprint density at radius 1 is 1.14 bits per heavy atom. The van der Waals surface area contributed by atoms with E-state index in [1.54, 1.807) is 6.92 Å². The summed E-state index contributed by atoms with van der Waals surface area (Å²) in [6.45, 7) is 4.36. The molecule has 0 unspecified atom stereocenters. The molecule has 0 aliphatic carbocycles. The molecule has 5 heteroatoms. The standard InChI is InChI=1S/C16H23NO4/c1-3-5-11-21-15(18)14(17-16(19)20-4-2)12-13-9-7-6-8-10-13/h6-10,14H,3-5,11-12H2,1-2H3,(H,17,19)/t14-/m0/s1. The van der Waals surface area contributed by atoms with E-state index in [0.29, 0.717) is 13.0 Å². The first-order chi connectivity index (χ1) is 10.2. The van der Waals surface area contributed by atoms with Crippen LogP contribution in [-0.2, 0) is 20.7 Å². The maximum atomic E-state index is 12.1. The first-order valence-electron chi connectivity index (χ1n) is 7.31. The zero-order valence-electron chi connectivity index (χ0n) is 12.6. The van der Waals surface area contributed by atoms with Gasteiger partial charge in [0, 0.05) is 6.42 Å². The number of carbonyl (C=O) groups excluding carboxylic acids is 2. The molecule has 1 N–H and O–H groups in total. The van der Waals surface area contributed by atoms with Gasteiger partial charge in [-0.05, 0) is 18.9 Å². The quantitative estimate of drug-likeness (QED) is 0.591. The van der Waals surface area contributed by atoms with Crippen LogP contribution in [0.2, 0.25) is 0 Å². The minimum Gasteiger partial charge on any atom is -0.464 e. The Kier molecular flexibility index (Phi) is 7.94. The van der Waals surface area contributed by atoms with Gasteiger partial charge in [-0.15, -0.1) is 0 Å². The van der Waals surface area contributed by atoms with Crippen molar-refractivity contribution in [3.63, 3.8) is 0 Å². The molecule has 5 nitrogen and oxygen atoms in total. The highest BCUT2D eigenvalue weighted by atomic mass is 16.6. The molecule has 1 atom stereocenters. The van der Waals surface area contributed by atoms with Crippen molar-refractivity contribution >= 4 is 12.1 Å². The number of benzene rings is 1. The third-order valence-corrected chi connectivity index (χ3v) is 2.88. The lowest BCUT2D eigenvalue weighted by molar-refractivity contribution is -0.146. The summed E-state index contributed by atoms with van der Waals surface area (Å²) in [5.74, 6) is -0.430. The second kappa shape index (κ2) is 9.80. The Labute approximate surface area is 125 Å². The number of hydrogen-bond donors (Lipinski definition) is 1. The average Bonchev–Trinajstić information content (AvgIpc) is 2.48. The minimum absolute atomic E-state index is 0.259. The van der Waals surface area contributed by atoms with E-state index in [1.807, 2.05) is 37.3 Å². The normalized spacial score (nSPS) is 11.5. The van der Waals surface area contributed by atoms with Gasteiger partial charge in [0.1, 0.15) is 6.04 Å². The minimum atomic E-state index is -0.733. The molecule has 21 heavy (non-hydrogen) atoms. The molecule has 0 saturated heterocycles. The van der Waals surface area contributed by atoms with Crippen molar-refractivity contribution in [1.82, 2.24) is 5.32 Å². The van der Waals surface area contributed by atoms with E-state index in [4.69, 9.17) is 9.47 Å². The Hall–Kier alpha value is -2.04. The van der Waals surface area contributed by atoms with Crippen LogP contribution in [0, 0.1) is 0 Å². The van der Waals surface area contributed by atoms with Crippen molar-refractivity contribution in [2.24, 2.45) is 0 Å². The summed E-state index contributed by atoms with van der Waals surface area (Å²) in [5, 5.41) is 2.56.